The summed E-state index contributed by atoms with van der Waals surface area (Å²) in [6, 6.07) is 1.43. The summed E-state index contributed by atoms with van der Waals surface area (Å²) in [4.78, 5) is 0. The summed E-state index contributed by atoms with van der Waals surface area (Å²) in [5.41, 5.74) is 7.77. The molecule has 2 aromatic rings. The van der Waals surface area contributed by atoms with E-state index in [1.807, 2.05) is 6.07 Å². The molecule has 0 bridgehead atoms. The Morgan fingerprint density at radius 3 is 2.94 bits per heavy atom. The number of nitrogens with zero attached hydrogens (tertiary/aromatic N) is 4. The van der Waals surface area contributed by atoms with Gasteiger partial charge in [0.05, 0.1) is 42.3 Å². The number of aromatic nitrogens is 4. The number of hydrogen-bond donors (Lipinski definition) is 1. The molecule has 0 aliphatic heterocycles. The minimum absolute atomic E-state index is 0.382. The molecule has 0 amide bonds. The second-order valence-corrected chi connectivity index (χ2v) is 4.15. The van der Waals surface area contributed by atoms with Crippen molar-refractivity contribution in [1.82, 2.24) is 20.0 Å². The van der Waals surface area contributed by atoms with E-state index in [1.54, 1.807) is 30.4 Å². The molecule has 0 saturated carbocycles. The van der Waals surface area contributed by atoms with Gasteiger partial charge in [-0.1, -0.05) is 11.6 Å². The molecule has 0 fully saturated rings. The van der Waals surface area contributed by atoms with Crippen molar-refractivity contribution in [3.05, 3.63) is 40.9 Å². The van der Waals surface area contributed by atoms with Crippen LogP contribution in [0.25, 0.3) is 0 Å². The number of nitrogens with two attached hydrogens (primary N) is 1. The van der Waals surface area contributed by atoms with Crippen LogP contribution < -0.4 is 5.73 Å². The van der Waals surface area contributed by atoms with Crippen molar-refractivity contribution >= 4 is 11.6 Å². The van der Waals surface area contributed by atoms with Gasteiger partial charge in [0.2, 0.25) is 0 Å². The van der Waals surface area contributed by atoms with Gasteiger partial charge in [0, 0.05) is 13.3 Å². The highest BCUT2D eigenvalue weighted by atomic mass is 35.5. The molecule has 2 heterocycles. The van der Waals surface area contributed by atoms with Crippen LogP contribution in [0.15, 0.2) is 24.7 Å². The van der Waals surface area contributed by atoms with Crippen molar-refractivity contribution < 1.29 is 4.74 Å². The van der Waals surface area contributed by atoms with Crippen molar-refractivity contribution in [3.63, 3.8) is 0 Å². The average Bonchev–Trinajstić information content (AvgIpc) is 2.77. The highest BCUT2D eigenvalue weighted by Crippen LogP contribution is 2.25. The van der Waals surface area contributed by atoms with Gasteiger partial charge in [-0.3, -0.25) is 4.68 Å². The minimum Gasteiger partial charge on any atom is -0.383 e. The quantitative estimate of drug-likeness (QED) is 0.875. The van der Waals surface area contributed by atoms with Gasteiger partial charge in [-0.15, -0.1) is 0 Å². The van der Waals surface area contributed by atoms with Gasteiger partial charge in [-0.25, -0.2) is 0 Å². The lowest BCUT2D eigenvalue weighted by molar-refractivity contribution is 0.182. The van der Waals surface area contributed by atoms with Crippen LogP contribution in [0.3, 0.4) is 0 Å². The van der Waals surface area contributed by atoms with Gasteiger partial charge in [-0.2, -0.15) is 15.3 Å². The first-order chi connectivity index (χ1) is 8.74. The molecule has 2 rings (SSSR count). The van der Waals surface area contributed by atoms with Gasteiger partial charge >= 0.3 is 0 Å². The summed E-state index contributed by atoms with van der Waals surface area (Å²) in [7, 11) is 1.64. The van der Waals surface area contributed by atoms with E-state index >= 15 is 0 Å². The fraction of sp³-hybridized carbons (Fsp3) is 0.364. The fourth-order valence-corrected chi connectivity index (χ4v) is 1.94. The number of methoxy groups -OCH3 is 1. The Hall–Kier alpha value is -1.50. The third-order valence-corrected chi connectivity index (χ3v) is 2.89. The van der Waals surface area contributed by atoms with Gasteiger partial charge in [-0.05, 0) is 11.6 Å². The third-order valence-electron chi connectivity index (χ3n) is 2.60. The number of ether oxygens (including phenoxy) is 1. The maximum Gasteiger partial charge on any atom is 0.0837 e. The van der Waals surface area contributed by atoms with Crippen LogP contribution in [-0.4, -0.2) is 33.7 Å². The summed E-state index contributed by atoms with van der Waals surface area (Å²) in [6.07, 6.45) is 4.80. The molecule has 0 aromatic carbocycles. The first-order valence-electron chi connectivity index (χ1n) is 5.46. The Morgan fingerprint density at radius 2 is 2.28 bits per heavy atom. The summed E-state index contributed by atoms with van der Waals surface area (Å²) >= 11 is 6.13. The summed E-state index contributed by atoms with van der Waals surface area (Å²) in [6.45, 7) is 1.15. The van der Waals surface area contributed by atoms with Crippen LogP contribution in [0.2, 0.25) is 5.02 Å². The minimum atomic E-state index is -0.382. The van der Waals surface area contributed by atoms with Gasteiger partial charge in [0.25, 0.3) is 0 Å². The zero-order chi connectivity index (χ0) is 13.0. The normalized spacial score (nSPS) is 12.6. The Kier molecular flexibility index (Phi) is 4.24. The first-order valence-corrected chi connectivity index (χ1v) is 5.84. The molecule has 0 aliphatic rings. The Morgan fingerprint density at radius 1 is 1.44 bits per heavy atom. The SMILES string of the molecule is COCCn1ncc(Cl)c1C(N)c1ccnnc1. The molecule has 2 aromatic heterocycles. The van der Waals surface area contributed by atoms with E-state index < -0.39 is 0 Å². The van der Waals surface area contributed by atoms with Gasteiger partial charge in [0.15, 0.2) is 0 Å². The van der Waals surface area contributed by atoms with E-state index in [0.717, 1.165) is 11.3 Å². The van der Waals surface area contributed by atoms with Gasteiger partial charge in [0.1, 0.15) is 0 Å². The lowest BCUT2D eigenvalue weighted by atomic mass is 10.1. The van der Waals surface area contributed by atoms with Crippen molar-refractivity contribution in [3.8, 4) is 0 Å². The molecule has 0 radical (unpaired) electrons. The Labute approximate surface area is 110 Å². The number of rotatable bonds is 5. The van der Waals surface area contributed by atoms with E-state index in [0.29, 0.717) is 18.2 Å². The maximum atomic E-state index is 6.18. The molecular weight excluding hydrogens is 254 g/mol. The molecule has 0 saturated heterocycles. The number of halogens is 1. The monoisotopic (exact) mass is 267 g/mol. The van der Waals surface area contributed by atoms with Crippen molar-refractivity contribution in [2.45, 2.75) is 12.6 Å². The number of hydrogen-bond acceptors (Lipinski definition) is 5. The Bertz CT molecular complexity index is 501. The van der Waals surface area contributed by atoms with Crippen molar-refractivity contribution in [2.24, 2.45) is 5.73 Å². The van der Waals surface area contributed by atoms with E-state index in [4.69, 9.17) is 22.1 Å². The summed E-state index contributed by atoms with van der Waals surface area (Å²) in [5.74, 6) is 0. The standard InChI is InChI=1S/C11H14ClN5O/c1-18-5-4-17-11(9(12)7-16-17)10(13)8-2-3-14-15-6-8/h2-3,6-7,10H,4-5,13H2,1H3. The zero-order valence-electron chi connectivity index (χ0n) is 9.95. The van der Waals surface area contributed by atoms with Crippen LogP contribution in [0.5, 0.6) is 0 Å². The predicted octanol–water partition coefficient (Wildman–Crippen LogP) is 1.02. The van der Waals surface area contributed by atoms with Gasteiger partial charge < -0.3 is 10.5 Å². The smallest absolute Gasteiger partial charge is 0.0837 e. The molecular formula is C11H14ClN5O. The molecule has 0 aliphatic carbocycles. The van der Waals surface area contributed by atoms with Crippen LogP contribution in [0, 0.1) is 0 Å². The van der Waals surface area contributed by atoms with E-state index in [-0.39, 0.29) is 6.04 Å². The van der Waals surface area contributed by atoms with Crippen LogP contribution in [0.1, 0.15) is 17.3 Å². The maximum absolute atomic E-state index is 6.18. The predicted molar refractivity (Wildman–Crippen MR) is 67.2 cm³/mol. The van der Waals surface area contributed by atoms with Crippen molar-refractivity contribution in [2.75, 3.05) is 13.7 Å². The lowest BCUT2D eigenvalue weighted by Crippen LogP contribution is -2.19. The first kappa shape index (κ1) is 12.9. The van der Waals surface area contributed by atoms with E-state index in [2.05, 4.69) is 15.3 Å². The summed E-state index contributed by atoms with van der Waals surface area (Å²) < 4.78 is 6.78. The largest absolute Gasteiger partial charge is 0.383 e. The van der Waals surface area contributed by atoms with E-state index in [1.165, 1.54) is 0 Å². The topological polar surface area (TPSA) is 78.9 Å². The lowest BCUT2D eigenvalue weighted by Gasteiger charge is -2.14. The molecule has 2 N–H and O–H groups in total. The Balaban J connectivity index is 2.29. The average molecular weight is 268 g/mol. The molecule has 0 spiro atoms. The fourth-order valence-electron chi connectivity index (χ4n) is 1.68. The second kappa shape index (κ2) is 5.90. The second-order valence-electron chi connectivity index (χ2n) is 3.75. The van der Waals surface area contributed by atoms with Crippen LogP contribution >= 0.6 is 11.6 Å². The zero-order valence-corrected chi connectivity index (χ0v) is 10.7. The summed E-state index contributed by atoms with van der Waals surface area (Å²) in [5, 5.41) is 12.3. The van der Waals surface area contributed by atoms with Crippen LogP contribution in [0.4, 0.5) is 0 Å². The highest BCUT2D eigenvalue weighted by molar-refractivity contribution is 6.31. The molecule has 6 nitrogen and oxygen atoms in total. The molecule has 7 heteroatoms. The van der Waals surface area contributed by atoms with E-state index in [9.17, 15) is 0 Å². The molecule has 1 unspecified atom stereocenters. The molecule has 1 atom stereocenters. The third kappa shape index (κ3) is 2.66. The van der Waals surface area contributed by atoms with Crippen LogP contribution in [-0.2, 0) is 11.3 Å². The highest BCUT2D eigenvalue weighted by Gasteiger charge is 2.18. The molecule has 18 heavy (non-hydrogen) atoms. The molecule has 96 valence electrons. The van der Waals surface area contributed by atoms with Crippen molar-refractivity contribution in [1.29, 1.82) is 0 Å².